The lowest BCUT2D eigenvalue weighted by molar-refractivity contribution is -0.167. The van der Waals surface area contributed by atoms with Gasteiger partial charge in [-0.15, -0.1) is 0 Å². The fraction of sp³-hybridized carbons (Fsp3) is 0.308. The van der Waals surface area contributed by atoms with Crippen LogP contribution in [0.3, 0.4) is 0 Å². The van der Waals surface area contributed by atoms with Gasteiger partial charge in [0.25, 0.3) is 5.91 Å². The van der Waals surface area contributed by atoms with Crippen molar-refractivity contribution in [3.05, 3.63) is 30.0 Å². The number of rotatable bonds is 4. The van der Waals surface area contributed by atoms with Gasteiger partial charge >= 0.3 is 0 Å². The molecule has 18 heavy (non-hydrogen) atoms. The monoisotopic (exact) mass is 248 g/mol. The first-order chi connectivity index (χ1) is 8.63. The van der Waals surface area contributed by atoms with E-state index in [4.69, 9.17) is 9.57 Å². The zero-order chi connectivity index (χ0) is 13.1. The Morgan fingerprint density at radius 1 is 1.33 bits per heavy atom. The first-order valence-corrected chi connectivity index (χ1v) is 5.60. The molecular weight excluding hydrogens is 232 g/mol. The van der Waals surface area contributed by atoms with Gasteiger partial charge in [0.2, 0.25) is 0 Å². The quantitative estimate of drug-likeness (QED) is 0.838. The molecule has 96 valence electrons. The van der Waals surface area contributed by atoms with Crippen LogP contribution in [0.2, 0.25) is 0 Å². The highest BCUT2D eigenvalue weighted by Gasteiger charge is 2.11. The number of likely N-dealkylation sites (N-methyl/N-ethyl adjacent to an activating group) is 1. The summed E-state index contributed by atoms with van der Waals surface area (Å²) in [6, 6.07) is 7.69. The summed E-state index contributed by atoms with van der Waals surface area (Å²) in [7, 11) is 4.69. The molecular formula is C13H16N2O3. The number of fused-ring (bicyclic) bond motifs is 1. The van der Waals surface area contributed by atoms with Gasteiger partial charge in [0.1, 0.15) is 5.75 Å². The Morgan fingerprint density at radius 2 is 2.11 bits per heavy atom. The summed E-state index contributed by atoms with van der Waals surface area (Å²) >= 11 is 0. The summed E-state index contributed by atoms with van der Waals surface area (Å²) in [6.45, 7) is 0. The number of ether oxygens (including phenoxy) is 1. The molecule has 1 aromatic carbocycles. The van der Waals surface area contributed by atoms with Gasteiger partial charge < -0.3 is 9.72 Å². The Hall–Kier alpha value is -2.01. The normalized spacial score (nSPS) is 10.6. The second kappa shape index (κ2) is 5.10. The van der Waals surface area contributed by atoms with Crippen LogP contribution in [0.15, 0.2) is 24.3 Å². The minimum Gasteiger partial charge on any atom is -0.497 e. The molecule has 0 atom stereocenters. The van der Waals surface area contributed by atoms with Gasteiger partial charge in [-0.2, -0.15) is 0 Å². The smallest absolute Gasteiger partial charge is 0.251 e. The number of hydrogen-bond acceptors (Lipinski definition) is 3. The van der Waals surface area contributed by atoms with Crippen LogP contribution in [0, 0.1) is 0 Å². The van der Waals surface area contributed by atoms with Crippen LogP contribution in [0.5, 0.6) is 5.75 Å². The molecule has 1 aromatic heterocycles. The first-order valence-electron chi connectivity index (χ1n) is 5.60. The van der Waals surface area contributed by atoms with Crippen LogP contribution in [-0.2, 0) is 16.1 Å². The van der Waals surface area contributed by atoms with E-state index in [0.717, 1.165) is 22.3 Å². The van der Waals surface area contributed by atoms with Crippen LogP contribution in [0.1, 0.15) is 5.69 Å². The Bertz CT molecular complexity index is 562. The number of amides is 1. The third kappa shape index (κ3) is 2.46. The maximum absolute atomic E-state index is 11.7. The molecule has 0 saturated carbocycles. The highest BCUT2D eigenvalue weighted by molar-refractivity contribution is 5.84. The molecule has 0 radical (unpaired) electrons. The average Bonchev–Trinajstić information content (AvgIpc) is 2.78. The molecule has 1 heterocycles. The van der Waals surface area contributed by atoms with Crippen molar-refractivity contribution in [3.63, 3.8) is 0 Å². The number of nitrogens with one attached hydrogen (secondary N) is 1. The predicted octanol–water partition coefficient (Wildman–Crippen LogP) is 1.74. The second-order valence-electron chi connectivity index (χ2n) is 4.00. The first kappa shape index (κ1) is 12.4. The zero-order valence-electron chi connectivity index (χ0n) is 10.7. The number of carbonyl (C=O) groups excluding carboxylic acids is 1. The lowest BCUT2D eigenvalue weighted by atomic mass is 10.2. The van der Waals surface area contributed by atoms with Gasteiger partial charge in [0.05, 0.1) is 20.6 Å². The average molecular weight is 248 g/mol. The molecule has 5 heteroatoms. The van der Waals surface area contributed by atoms with Crippen molar-refractivity contribution in [2.24, 2.45) is 0 Å². The Kier molecular flexibility index (Phi) is 3.53. The SMILES string of the molecule is COc1ccc2[nH]c(CC(=O)N(C)OC)cc2c1. The molecule has 0 aliphatic rings. The number of aromatic amines is 1. The third-order valence-electron chi connectivity index (χ3n) is 2.85. The van der Waals surface area contributed by atoms with Crippen molar-refractivity contribution < 1.29 is 14.4 Å². The number of methoxy groups -OCH3 is 1. The van der Waals surface area contributed by atoms with E-state index >= 15 is 0 Å². The fourth-order valence-electron chi connectivity index (χ4n) is 1.77. The van der Waals surface area contributed by atoms with Gasteiger partial charge in [-0.05, 0) is 24.3 Å². The molecule has 0 aliphatic carbocycles. The standard InChI is InChI=1S/C13H16N2O3/c1-15(18-3)13(16)8-10-6-9-7-11(17-2)4-5-12(9)14-10/h4-7,14H,8H2,1-3H3. The van der Waals surface area contributed by atoms with Gasteiger partial charge in [0.15, 0.2) is 0 Å². The summed E-state index contributed by atoms with van der Waals surface area (Å²) in [5.41, 5.74) is 1.84. The Labute approximate surface area is 105 Å². The summed E-state index contributed by atoms with van der Waals surface area (Å²) in [4.78, 5) is 19.7. The molecule has 5 nitrogen and oxygen atoms in total. The predicted molar refractivity (Wildman–Crippen MR) is 68.3 cm³/mol. The number of hydrogen-bond donors (Lipinski definition) is 1. The van der Waals surface area contributed by atoms with Crippen molar-refractivity contribution in [3.8, 4) is 5.75 Å². The van der Waals surface area contributed by atoms with Gasteiger partial charge in [0, 0.05) is 23.6 Å². The summed E-state index contributed by atoms with van der Waals surface area (Å²) in [5, 5.41) is 2.24. The molecule has 0 unspecified atom stereocenters. The van der Waals surface area contributed by atoms with E-state index in [-0.39, 0.29) is 12.3 Å². The van der Waals surface area contributed by atoms with Gasteiger partial charge in [-0.1, -0.05) is 0 Å². The Balaban J connectivity index is 2.22. The van der Waals surface area contributed by atoms with E-state index in [1.165, 1.54) is 12.2 Å². The molecule has 0 aliphatic heterocycles. The number of benzene rings is 1. The molecule has 2 rings (SSSR count). The van der Waals surface area contributed by atoms with Gasteiger partial charge in [-0.3, -0.25) is 9.63 Å². The van der Waals surface area contributed by atoms with Crippen LogP contribution in [-0.4, -0.2) is 37.2 Å². The minimum absolute atomic E-state index is 0.101. The molecule has 0 spiro atoms. The number of nitrogens with zero attached hydrogens (tertiary/aromatic N) is 1. The molecule has 1 amide bonds. The van der Waals surface area contributed by atoms with Crippen molar-refractivity contribution >= 4 is 16.8 Å². The van der Waals surface area contributed by atoms with Crippen LogP contribution in [0.25, 0.3) is 10.9 Å². The molecule has 0 bridgehead atoms. The number of aromatic nitrogens is 1. The molecule has 0 saturated heterocycles. The van der Waals surface area contributed by atoms with Crippen molar-refractivity contribution in [1.82, 2.24) is 10.0 Å². The Morgan fingerprint density at radius 3 is 2.78 bits per heavy atom. The highest BCUT2D eigenvalue weighted by Crippen LogP contribution is 2.21. The summed E-state index contributed by atoms with van der Waals surface area (Å²) in [5.74, 6) is 0.699. The van der Waals surface area contributed by atoms with Crippen molar-refractivity contribution in [1.29, 1.82) is 0 Å². The van der Waals surface area contributed by atoms with Crippen LogP contribution >= 0.6 is 0 Å². The maximum Gasteiger partial charge on any atom is 0.251 e. The van der Waals surface area contributed by atoms with E-state index in [1.54, 1.807) is 14.2 Å². The van der Waals surface area contributed by atoms with E-state index in [1.807, 2.05) is 24.3 Å². The lowest BCUT2D eigenvalue weighted by Gasteiger charge is -2.12. The van der Waals surface area contributed by atoms with E-state index in [9.17, 15) is 4.79 Å². The number of hydroxylamine groups is 2. The topological polar surface area (TPSA) is 54.6 Å². The van der Waals surface area contributed by atoms with Crippen LogP contribution < -0.4 is 4.74 Å². The van der Waals surface area contributed by atoms with Gasteiger partial charge in [-0.25, -0.2) is 5.06 Å². The maximum atomic E-state index is 11.7. The van der Waals surface area contributed by atoms with E-state index < -0.39 is 0 Å². The zero-order valence-corrected chi connectivity index (χ0v) is 10.7. The lowest BCUT2D eigenvalue weighted by Crippen LogP contribution is -2.27. The van der Waals surface area contributed by atoms with E-state index in [0.29, 0.717) is 0 Å². The fourth-order valence-corrected chi connectivity index (χ4v) is 1.77. The summed E-state index contributed by atoms with van der Waals surface area (Å²) in [6.07, 6.45) is 0.279. The van der Waals surface area contributed by atoms with Crippen molar-refractivity contribution in [2.45, 2.75) is 6.42 Å². The van der Waals surface area contributed by atoms with E-state index in [2.05, 4.69) is 4.98 Å². The number of carbonyl (C=O) groups is 1. The van der Waals surface area contributed by atoms with Crippen molar-refractivity contribution in [2.75, 3.05) is 21.3 Å². The third-order valence-corrected chi connectivity index (χ3v) is 2.85. The molecule has 2 aromatic rings. The van der Waals surface area contributed by atoms with Crippen LogP contribution in [0.4, 0.5) is 0 Å². The largest absolute Gasteiger partial charge is 0.497 e. The summed E-state index contributed by atoms with van der Waals surface area (Å²) < 4.78 is 5.16. The minimum atomic E-state index is -0.101. The highest BCUT2D eigenvalue weighted by atomic mass is 16.7. The second-order valence-corrected chi connectivity index (χ2v) is 4.00. The molecule has 0 fully saturated rings. The number of H-pyrrole nitrogens is 1. The molecule has 1 N–H and O–H groups in total.